The Kier molecular flexibility index (Phi) is 6.45. The van der Waals surface area contributed by atoms with E-state index in [0.29, 0.717) is 25.1 Å². The summed E-state index contributed by atoms with van der Waals surface area (Å²) >= 11 is 0. The Balaban J connectivity index is 2.77. The van der Waals surface area contributed by atoms with Crippen LogP contribution in [0.25, 0.3) is 0 Å². The Hall–Kier alpha value is -1.46. The van der Waals surface area contributed by atoms with Crippen molar-refractivity contribution in [2.45, 2.75) is 11.3 Å². The van der Waals surface area contributed by atoms with Gasteiger partial charge in [-0.2, -0.15) is 0 Å². The number of nitrogens with zero attached hydrogens (tertiary/aromatic N) is 1. The van der Waals surface area contributed by atoms with Crippen molar-refractivity contribution >= 4 is 10.0 Å². The molecule has 1 heterocycles. The topological polar surface area (TPSA) is 94.3 Å². The third kappa shape index (κ3) is 5.36. The average molecular weight is 283 g/mol. The normalized spacial score (nSPS) is 10.8. The zero-order chi connectivity index (χ0) is 14.1. The van der Waals surface area contributed by atoms with Gasteiger partial charge in [-0.05, 0) is 12.5 Å². The van der Waals surface area contributed by atoms with E-state index in [4.69, 9.17) is 10.5 Å². The summed E-state index contributed by atoms with van der Waals surface area (Å²) in [5.74, 6) is 5.39. The van der Waals surface area contributed by atoms with Crippen molar-refractivity contribution in [1.29, 1.82) is 0 Å². The van der Waals surface area contributed by atoms with E-state index in [-0.39, 0.29) is 11.4 Å². The molecule has 0 fully saturated rings. The van der Waals surface area contributed by atoms with Crippen LogP contribution in [0, 0.1) is 11.8 Å². The minimum Gasteiger partial charge on any atom is -0.385 e. The van der Waals surface area contributed by atoms with E-state index < -0.39 is 10.0 Å². The third-order valence-electron chi connectivity index (χ3n) is 2.18. The Morgan fingerprint density at radius 1 is 1.47 bits per heavy atom. The lowest BCUT2D eigenvalue weighted by atomic mass is 10.3. The summed E-state index contributed by atoms with van der Waals surface area (Å²) in [5.41, 5.74) is 5.78. The van der Waals surface area contributed by atoms with Gasteiger partial charge in [0.25, 0.3) is 0 Å². The highest BCUT2D eigenvalue weighted by Gasteiger charge is 2.13. The SMILES string of the molecule is COCCCNS(=O)(=O)c1cncc(C#CCN)c1. The van der Waals surface area contributed by atoms with Gasteiger partial charge in [0.1, 0.15) is 4.90 Å². The van der Waals surface area contributed by atoms with Gasteiger partial charge in [-0.25, -0.2) is 13.1 Å². The fourth-order valence-corrected chi connectivity index (χ4v) is 2.36. The van der Waals surface area contributed by atoms with Crippen LogP contribution in [0.5, 0.6) is 0 Å². The minimum absolute atomic E-state index is 0.0914. The van der Waals surface area contributed by atoms with Crippen molar-refractivity contribution in [3.05, 3.63) is 24.0 Å². The van der Waals surface area contributed by atoms with E-state index in [1.54, 1.807) is 7.11 Å². The molecule has 3 N–H and O–H groups in total. The summed E-state index contributed by atoms with van der Waals surface area (Å²) in [6.45, 7) is 1.03. The molecule has 0 saturated carbocycles. The number of methoxy groups -OCH3 is 1. The van der Waals surface area contributed by atoms with Gasteiger partial charge in [-0.3, -0.25) is 4.98 Å². The Morgan fingerprint density at radius 3 is 2.95 bits per heavy atom. The second-order valence-corrected chi connectivity index (χ2v) is 5.43. The molecule has 0 saturated heterocycles. The van der Waals surface area contributed by atoms with Crippen molar-refractivity contribution in [1.82, 2.24) is 9.71 Å². The first kappa shape index (κ1) is 15.6. The van der Waals surface area contributed by atoms with Gasteiger partial charge in [-0.15, -0.1) is 0 Å². The smallest absolute Gasteiger partial charge is 0.242 e. The van der Waals surface area contributed by atoms with Gasteiger partial charge in [0.2, 0.25) is 10.0 Å². The predicted octanol–water partition coefficient (Wildman–Crippen LogP) is -0.293. The average Bonchev–Trinajstić information content (AvgIpc) is 2.42. The second-order valence-electron chi connectivity index (χ2n) is 3.66. The highest BCUT2D eigenvalue weighted by molar-refractivity contribution is 7.89. The molecule has 19 heavy (non-hydrogen) atoms. The van der Waals surface area contributed by atoms with Gasteiger partial charge in [0.15, 0.2) is 0 Å². The van der Waals surface area contributed by atoms with Crippen molar-refractivity contribution in [2.24, 2.45) is 5.73 Å². The van der Waals surface area contributed by atoms with Crippen LogP contribution in [0.3, 0.4) is 0 Å². The van der Waals surface area contributed by atoms with Crippen LogP contribution >= 0.6 is 0 Å². The third-order valence-corrected chi connectivity index (χ3v) is 3.60. The summed E-state index contributed by atoms with van der Waals surface area (Å²) in [4.78, 5) is 3.95. The van der Waals surface area contributed by atoms with Gasteiger partial charge < -0.3 is 10.5 Å². The quantitative estimate of drug-likeness (QED) is 0.552. The monoisotopic (exact) mass is 283 g/mol. The van der Waals surface area contributed by atoms with Crippen LogP contribution < -0.4 is 10.5 Å². The molecule has 0 aliphatic heterocycles. The van der Waals surface area contributed by atoms with E-state index in [0.717, 1.165) is 0 Å². The zero-order valence-electron chi connectivity index (χ0n) is 10.7. The van der Waals surface area contributed by atoms with Crippen LogP contribution in [0.1, 0.15) is 12.0 Å². The predicted molar refractivity (Wildman–Crippen MR) is 71.9 cm³/mol. The molecule has 0 bridgehead atoms. The summed E-state index contributed by atoms with van der Waals surface area (Å²) in [6, 6.07) is 1.47. The molecule has 1 aromatic heterocycles. The molecule has 1 aromatic rings. The van der Waals surface area contributed by atoms with E-state index in [1.807, 2.05) is 0 Å². The first-order chi connectivity index (χ1) is 9.10. The highest BCUT2D eigenvalue weighted by Crippen LogP contribution is 2.08. The Labute approximate surface area is 113 Å². The number of rotatable bonds is 6. The number of sulfonamides is 1. The van der Waals surface area contributed by atoms with Crippen LogP contribution in [0.2, 0.25) is 0 Å². The molecule has 0 aliphatic carbocycles. The molecule has 0 atom stereocenters. The van der Waals surface area contributed by atoms with Crippen molar-refractivity contribution < 1.29 is 13.2 Å². The molecule has 0 radical (unpaired) electrons. The van der Waals surface area contributed by atoms with Crippen molar-refractivity contribution in [2.75, 3.05) is 26.8 Å². The van der Waals surface area contributed by atoms with E-state index in [2.05, 4.69) is 21.5 Å². The number of pyridine rings is 1. The number of hydrogen-bond donors (Lipinski definition) is 2. The Bertz CT molecular complexity index is 561. The Morgan fingerprint density at radius 2 is 2.26 bits per heavy atom. The van der Waals surface area contributed by atoms with E-state index in [9.17, 15) is 8.42 Å². The van der Waals surface area contributed by atoms with Gasteiger partial charge in [0.05, 0.1) is 6.54 Å². The molecule has 1 rings (SSSR count). The van der Waals surface area contributed by atoms with Crippen LogP contribution in [0.4, 0.5) is 0 Å². The number of aromatic nitrogens is 1. The molecule has 7 heteroatoms. The molecule has 0 aromatic carbocycles. The maximum absolute atomic E-state index is 12.0. The second kappa shape index (κ2) is 7.86. The maximum atomic E-state index is 12.0. The largest absolute Gasteiger partial charge is 0.385 e. The summed E-state index contributed by atoms with van der Waals surface area (Å²) in [5, 5.41) is 0. The molecule has 6 nitrogen and oxygen atoms in total. The van der Waals surface area contributed by atoms with Crippen LogP contribution in [0.15, 0.2) is 23.4 Å². The zero-order valence-corrected chi connectivity index (χ0v) is 11.5. The minimum atomic E-state index is -3.56. The summed E-state index contributed by atoms with van der Waals surface area (Å²) in [6.07, 6.45) is 3.38. The van der Waals surface area contributed by atoms with Crippen molar-refractivity contribution in [3.8, 4) is 11.8 Å². The van der Waals surface area contributed by atoms with Gasteiger partial charge >= 0.3 is 0 Å². The maximum Gasteiger partial charge on any atom is 0.242 e. The van der Waals surface area contributed by atoms with Crippen LogP contribution in [-0.4, -0.2) is 40.2 Å². The lowest BCUT2D eigenvalue weighted by Crippen LogP contribution is -2.25. The first-order valence-corrected chi connectivity index (χ1v) is 7.21. The fraction of sp³-hybridized carbons (Fsp3) is 0.417. The lowest BCUT2D eigenvalue weighted by molar-refractivity contribution is 0.196. The molecule has 0 aliphatic rings. The summed E-state index contributed by atoms with van der Waals surface area (Å²) < 4.78 is 31.2. The van der Waals surface area contributed by atoms with E-state index in [1.165, 1.54) is 18.5 Å². The first-order valence-electron chi connectivity index (χ1n) is 5.72. The van der Waals surface area contributed by atoms with Gasteiger partial charge in [-0.1, -0.05) is 11.8 Å². The van der Waals surface area contributed by atoms with Crippen LogP contribution in [-0.2, 0) is 14.8 Å². The van der Waals surface area contributed by atoms with Crippen molar-refractivity contribution in [3.63, 3.8) is 0 Å². The number of nitrogens with two attached hydrogens (primary N) is 1. The van der Waals surface area contributed by atoms with E-state index >= 15 is 0 Å². The molecule has 0 amide bonds. The molecule has 104 valence electrons. The molecular formula is C12H17N3O3S. The lowest BCUT2D eigenvalue weighted by Gasteiger charge is -2.06. The molecule has 0 unspecified atom stereocenters. The highest BCUT2D eigenvalue weighted by atomic mass is 32.2. The standard InChI is InChI=1S/C12H17N3O3S/c1-18-7-3-6-15-19(16,17)12-8-11(4-2-5-13)9-14-10-12/h8-10,15H,3,5-7,13H2,1H3. The summed E-state index contributed by atoms with van der Waals surface area (Å²) in [7, 11) is -1.99. The number of nitrogens with one attached hydrogen (secondary N) is 1. The number of hydrogen-bond acceptors (Lipinski definition) is 5. The molecular weight excluding hydrogens is 266 g/mol. The van der Waals surface area contributed by atoms with Gasteiger partial charge in [0, 0.05) is 38.2 Å². The molecule has 0 spiro atoms. The number of ether oxygens (including phenoxy) is 1. The fourth-order valence-electron chi connectivity index (χ4n) is 1.29.